The summed E-state index contributed by atoms with van der Waals surface area (Å²) in [6.07, 6.45) is -7.07. The van der Waals surface area contributed by atoms with Crippen LogP contribution in [-0.4, -0.2) is 45.5 Å². The van der Waals surface area contributed by atoms with Crippen LogP contribution in [0.5, 0.6) is 23.0 Å². The summed E-state index contributed by atoms with van der Waals surface area (Å²) in [6, 6.07) is 14.3. The Hall–Kier alpha value is -5.33. The number of aromatic nitrogens is 1. The Bertz CT molecular complexity index is 1630. The topological polar surface area (TPSA) is 152 Å². The summed E-state index contributed by atoms with van der Waals surface area (Å²) in [5, 5.41) is 18.1. The van der Waals surface area contributed by atoms with Gasteiger partial charge in [0.15, 0.2) is 11.6 Å². The van der Waals surface area contributed by atoms with Gasteiger partial charge in [-0.25, -0.2) is 4.79 Å². The van der Waals surface area contributed by atoms with E-state index in [0.717, 1.165) is 12.1 Å². The number of ether oxygens (including phenoxy) is 3. The van der Waals surface area contributed by atoms with Crippen LogP contribution in [0.15, 0.2) is 66.7 Å². The number of nitrogens with one attached hydrogen (secondary N) is 1. The molecule has 1 aromatic heterocycles. The van der Waals surface area contributed by atoms with Gasteiger partial charge in [-0.15, -0.1) is 0 Å². The average molecular weight is 585 g/mol. The lowest BCUT2D eigenvalue weighted by Crippen LogP contribution is -2.16. The Morgan fingerprint density at radius 3 is 1.98 bits per heavy atom. The number of hydrogen-bond donors (Lipinski definition) is 3. The maximum Gasteiger partial charge on any atom is 0.511 e. The number of carbonyl (C=O) groups excluding carboxylic acids is 2. The first-order valence-corrected chi connectivity index (χ1v) is 12.3. The van der Waals surface area contributed by atoms with E-state index in [4.69, 9.17) is 19.7 Å². The molecule has 0 aliphatic heterocycles. The van der Waals surface area contributed by atoms with Crippen molar-refractivity contribution in [3.8, 4) is 23.0 Å². The molecular weight excluding hydrogens is 563 g/mol. The third-order valence-corrected chi connectivity index (χ3v) is 5.91. The summed E-state index contributed by atoms with van der Waals surface area (Å²) < 4.78 is 53.9. The van der Waals surface area contributed by atoms with Gasteiger partial charge in [-0.2, -0.15) is 13.2 Å². The fourth-order valence-electron chi connectivity index (χ4n) is 4.05. The summed E-state index contributed by atoms with van der Waals surface area (Å²) in [6.45, 7) is -0.384. The van der Waals surface area contributed by atoms with Gasteiger partial charge >= 0.3 is 18.3 Å². The second-order valence-electron chi connectivity index (χ2n) is 8.97. The number of fused-ring (bicyclic) bond motifs is 1. The number of carboxylic acids is 1. The molecule has 0 aliphatic rings. The van der Waals surface area contributed by atoms with Crippen LogP contribution in [0.2, 0.25) is 0 Å². The molecule has 0 saturated carbocycles. The SMILES string of the molecule is O=C(O)CCC(=O)c1c(CC(=O)COc2ccc(Oc3ccc(C(F)(F)F)cc3)cc2)[nH]c2ccc(OC(=O)O)cc12. The van der Waals surface area contributed by atoms with E-state index in [-0.39, 0.29) is 47.6 Å². The zero-order valence-electron chi connectivity index (χ0n) is 21.6. The minimum absolute atomic E-state index is 0.0557. The Balaban J connectivity index is 1.42. The predicted octanol–water partition coefficient (Wildman–Crippen LogP) is 6.27. The number of hydrogen-bond acceptors (Lipinski definition) is 7. The molecule has 4 aromatic rings. The molecule has 13 heteroatoms. The number of H-pyrrole nitrogens is 1. The van der Waals surface area contributed by atoms with Gasteiger partial charge in [0, 0.05) is 28.6 Å². The maximum absolute atomic E-state index is 12.9. The third kappa shape index (κ3) is 7.65. The minimum atomic E-state index is -4.46. The highest BCUT2D eigenvalue weighted by Gasteiger charge is 2.30. The van der Waals surface area contributed by atoms with E-state index in [1.165, 1.54) is 54.6 Å². The fourth-order valence-corrected chi connectivity index (χ4v) is 4.05. The number of benzene rings is 3. The van der Waals surface area contributed by atoms with Gasteiger partial charge in [-0.1, -0.05) is 0 Å². The summed E-state index contributed by atoms with van der Waals surface area (Å²) in [5.74, 6) is -1.41. The van der Waals surface area contributed by atoms with Gasteiger partial charge in [-0.3, -0.25) is 14.4 Å². The van der Waals surface area contributed by atoms with Crippen molar-refractivity contribution in [2.75, 3.05) is 6.61 Å². The first-order valence-electron chi connectivity index (χ1n) is 12.3. The summed E-state index contributed by atoms with van der Waals surface area (Å²) in [5.41, 5.74) is -0.120. The van der Waals surface area contributed by atoms with Crippen LogP contribution in [0.25, 0.3) is 10.9 Å². The zero-order chi connectivity index (χ0) is 30.4. The number of carbonyl (C=O) groups is 4. The minimum Gasteiger partial charge on any atom is -0.486 e. The highest BCUT2D eigenvalue weighted by molar-refractivity contribution is 6.11. The molecule has 3 aromatic carbocycles. The average Bonchev–Trinajstić information content (AvgIpc) is 3.27. The molecule has 0 radical (unpaired) electrons. The van der Waals surface area contributed by atoms with Crippen LogP contribution in [0.4, 0.5) is 18.0 Å². The van der Waals surface area contributed by atoms with Crippen molar-refractivity contribution in [3.63, 3.8) is 0 Å². The number of aliphatic carboxylic acids is 1. The van der Waals surface area contributed by atoms with Gasteiger partial charge in [0.1, 0.15) is 29.6 Å². The summed E-state index contributed by atoms with van der Waals surface area (Å²) in [4.78, 5) is 50.6. The highest BCUT2D eigenvalue weighted by Crippen LogP contribution is 2.32. The van der Waals surface area contributed by atoms with Gasteiger partial charge in [-0.05, 0) is 66.7 Å². The van der Waals surface area contributed by atoms with Crippen LogP contribution < -0.4 is 14.2 Å². The second kappa shape index (κ2) is 12.5. The van der Waals surface area contributed by atoms with E-state index < -0.39 is 41.9 Å². The first-order chi connectivity index (χ1) is 19.9. The second-order valence-corrected chi connectivity index (χ2v) is 8.97. The molecule has 0 atom stereocenters. The molecule has 0 spiro atoms. The molecule has 4 rings (SSSR count). The van der Waals surface area contributed by atoms with Crippen LogP contribution >= 0.6 is 0 Å². The van der Waals surface area contributed by atoms with Crippen molar-refractivity contribution in [2.24, 2.45) is 0 Å². The molecule has 218 valence electrons. The molecule has 0 bridgehead atoms. The monoisotopic (exact) mass is 585 g/mol. The lowest BCUT2D eigenvalue weighted by Gasteiger charge is -2.10. The quantitative estimate of drug-likeness (QED) is 0.0991. The van der Waals surface area contributed by atoms with Crippen molar-refractivity contribution < 1.29 is 56.8 Å². The first kappa shape index (κ1) is 29.6. The number of rotatable bonds is 12. The van der Waals surface area contributed by atoms with Crippen LogP contribution in [-0.2, 0) is 22.2 Å². The Kier molecular flexibility index (Phi) is 8.79. The molecule has 0 unspecified atom stereocenters. The largest absolute Gasteiger partial charge is 0.511 e. The van der Waals surface area contributed by atoms with E-state index >= 15 is 0 Å². The number of alkyl halides is 3. The van der Waals surface area contributed by atoms with Crippen molar-refractivity contribution in [1.29, 1.82) is 0 Å². The number of Topliss-reactive ketones (excluding diaryl/α,β-unsaturated/α-hetero) is 2. The van der Waals surface area contributed by atoms with Gasteiger partial charge in [0.25, 0.3) is 0 Å². The van der Waals surface area contributed by atoms with Gasteiger partial charge in [0.05, 0.1) is 18.4 Å². The Morgan fingerprint density at radius 1 is 0.786 bits per heavy atom. The highest BCUT2D eigenvalue weighted by atomic mass is 19.4. The number of aromatic amines is 1. The maximum atomic E-state index is 12.9. The van der Waals surface area contributed by atoms with E-state index in [9.17, 15) is 32.3 Å². The van der Waals surface area contributed by atoms with E-state index in [1.807, 2.05) is 0 Å². The molecule has 1 heterocycles. The van der Waals surface area contributed by atoms with Crippen molar-refractivity contribution >= 4 is 34.6 Å². The summed E-state index contributed by atoms with van der Waals surface area (Å²) >= 11 is 0. The fraction of sp³-hybridized carbons (Fsp3) is 0.172. The number of carboxylic acid groups (broad SMARTS) is 2. The van der Waals surface area contributed by atoms with Crippen LogP contribution in [0, 0.1) is 0 Å². The zero-order valence-corrected chi connectivity index (χ0v) is 21.6. The smallest absolute Gasteiger partial charge is 0.486 e. The van der Waals surface area contributed by atoms with E-state index in [0.29, 0.717) is 17.0 Å². The lowest BCUT2D eigenvalue weighted by atomic mass is 10.0. The van der Waals surface area contributed by atoms with Crippen molar-refractivity contribution in [2.45, 2.75) is 25.4 Å². The number of halogens is 3. The third-order valence-electron chi connectivity index (χ3n) is 5.91. The van der Waals surface area contributed by atoms with E-state index in [1.54, 1.807) is 0 Å². The van der Waals surface area contributed by atoms with E-state index in [2.05, 4.69) is 9.72 Å². The molecule has 42 heavy (non-hydrogen) atoms. The molecular formula is C29H22F3NO9. The molecule has 3 N–H and O–H groups in total. The van der Waals surface area contributed by atoms with Crippen molar-refractivity contribution in [3.05, 3.63) is 83.6 Å². The predicted molar refractivity (Wildman–Crippen MR) is 140 cm³/mol. The lowest BCUT2D eigenvalue weighted by molar-refractivity contribution is -0.138. The van der Waals surface area contributed by atoms with Crippen LogP contribution in [0.3, 0.4) is 0 Å². The molecule has 0 fully saturated rings. The van der Waals surface area contributed by atoms with Crippen molar-refractivity contribution in [1.82, 2.24) is 4.98 Å². The molecule has 0 amide bonds. The standard InChI is InChI=1S/C29H22F3NO9/c30-29(31,32)16-1-3-19(4-2-16)41-20-7-5-18(6-8-20)40-15-17(34)13-24-27(25(35)11-12-26(36)37)22-14-21(42-28(38)39)9-10-23(22)33-24/h1-10,14,33H,11-13,15H2,(H,36,37)(H,38,39). The molecule has 10 nitrogen and oxygen atoms in total. The molecule has 0 aliphatic carbocycles. The van der Waals surface area contributed by atoms with Gasteiger partial charge in [0.2, 0.25) is 0 Å². The number of ketones is 2. The van der Waals surface area contributed by atoms with Crippen LogP contribution in [0.1, 0.15) is 34.5 Å². The Labute approximate surface area is 235 Å². The normalized spacial score (nSPS) is 11.2. The van der Waals surface area contributed by atoms with Gasteiger partial charge < -0.3 is 29.4 Å². The molecule has 0 saturated heterocycles. The summed E-state index contributed by atoms with van der Waals surface area (Å²) in [7, 11) is 0. The Morgan fingerprint density at radius 2 is 1.38 bits per heavy atom.